The molecule has 1 saturated heterocycles. The van der Waals surface area contributed by atoms with Gasteiger partial charge >= 0.3 is 0 Å². The van der Waals surface area contributed by atoms with Gasteiger partial charge in [-0.1, -0.05) is 30.3 Å². The van der Waals surface area contributed by atoms with E-state index in [-0.39, 0.29) is 5.91 Å². The van der Waals surface area contributed by atoms with Crippen LogP contribution in [0.25, 0.3) is 10.9 Å². The third-order valence-corrected chi connectivity index (χ3v) is 9.18. The Balaban J connectivity index is 1.16. The maximum absolute atomic E-state index is 12.5. The lowest BCUT2D eigenvalue weighted by atomic mass is 9.82. The van der Waals surface area contributed by atoms with E-state index in [1.807, 2.05) is 29.2 Å². The van der Waals surface area contributed by atoms with Crippen molar-refractivity contribution in [1.82, 2.24) is 19.6 Å². The number of benzene rings is 2. The van der Waals surface area contributed by atoms with Gasteiger partial charge in [0.15, 0.2) is 0 Å². The Labute approximate surface area is 224 Å². The van der Waals surface area contributed by atoms with Crippen molar-refractivity contribution >= 4 is 38.6 Å². The van der Waals surface area contributed by atoms with E-state index in [4.69, 9.17) is 9.97 Å². The molecule has 2 aliphatic rings. The fraction of sp³-hybridized carbons (Fsp3) is 0.464. The van der Waals surface area contributed by atoms with Crippen molar-refractivity contribution in [1.29, 1.82) is 0 Å². The Morgan fingerprint density at radius 2 is 1.50 bits per heavy atom. The number of rotatable bonds is 8. The Bertz CT molecular complexity index is 1350. The van der Waals surface area contributed by atoms with Gasteiger partial charge in [-0.2, -0.15) is 4.98 Å². The minimum atomic E-state index is -3.46. The van der Waals surface area contributed by atoms with Crippen LogP contribution in [0.3, 0.4) is 0 Å². The summed E-state index contributed by atoms with van der Waals surface area (Å²) in [5.74, 6) is 2.50. The molecule has 5 rings (SSSR count). The van der Waals surface area contributed by atoms with Gasteiger partial charge < -0.3 is 15.1 Å². The smallest absolute Gasteiger partial charge is 0.240 e. The SMILES string of the molecule is CC(=O)N1CCN(c2nc(NCC3CCC(CNS(=O)(=O)c4ccccc4)CC3)nc3ccccc23)CC1. The van der Waals surface area contributed by atoms with Gasteiger partial charge in [-0.25, -0.2) is 18.1 Å². The normalized spacial score (nSPS) is 20.4. The first-order valence-electron chi connectivity index (χ1n) is 13.4. The van der Waals surface area contributed by atoms with Crippen molar-refractivity contribution in [3.05, 3.63) is 54.6 Å². The first kappa shape index (κ1) is 26.4. The number of para-hydroxylation sites is 1. The molecule has 3 aromatic rings. The summed E-state index contributed by atoms with van der Waals surface area (Å²) in [5.41, 5.74) is 0.906. The fourth-order valence-electron chi connectivity index (χ4n) is 5.40. The number of sulfonamides is 1. The van der Waals surface area contributed by atoms with Crippen molar-refractivity contribution in [3.63, 3.8) is 0 Å². The predicted molar refractivity (Wildman–Crippen MR) is 150 cm³/mol. The zero-order valence-electron chi connectivity index (χ0n) is 21.8. The molecule has 1 aliphatic carbocycles. The number of hydrogen-bond acceptors (Lipinski definition) is 7. The molecule has 0 radical (unpaired) electrons. The Morgan fingerprint density at radius 3 is 2.18 bits per heavy atom. The summed E-state index contributed by atoms with van der Waals surface area (Å²) >= 11 is 0. The highest BCUT2D eigenvalue weighted by atomic mass is 32.2. The first-order chi connectivity index (χ1) is 18.4. The van der Waals surface area contributed by atoms with Crippen molar-refractivity contribution < 1.29 is 13.2 Å². The number of hydrogen-bond donors (Lipinski definition) is 2. The van der Waals surface area contributed by atoms with Crippen LogP contribution in [-0.2, 0) is 14.8 Å². The number of amides is 1. The van der Waals surface area contributed by atoms with Gasteiger partial charge in [0.1, 0.15) is 5.82 Å². The van der Waals surface area contributed by atoms with Crippen LogP contribution in [-0.4, -0.2) is 68.5 Å². The topological polar surface area (TPSA) is 108 Å². The summed E-state index contributed by atoms with van der Waals surface area (Å²) in [6.07, 6.45) is 4.07. The van der Waals surface area contributed by atoms with Crippen LogP contribution >= 0.6 is 0 Å². The molecule has 9 nitrogen and oxygen atoms in total. The Kier molecular flexibility index (Phi) is 8.09. The van der Waals surface area contributed by atoms with E-state index in [1.54, 1.807) is 31.2 Å². The van der Waals surface area contributed by atoms with E-state index in [0.29, 0.717) is 42.3 Å². The second-order valence-corrected chi connectivity index (χ2v) is 12.1. The maximum Gasteiger partial charge on any atom is 0.240 e. The van der Waals surface area contributed by atoms with Gasteiger partial charge in [-0.15, -0.1) is 0 Å². The lowest BCUT2D eigenvalue weighted by Gasteiger charge is -2.35. The monoisotopic (exact) mass is 536 g/mol. The number of anilines is 2. The Morgan fingerprint density at radius 1 is 0.868 bits per heavy atom. The van der Waals surface area contributed by atoms with E-state index in [0.717, 1.165) is 62.0 Å². The van der Waals surface area contributed by atoms with E-state index >= 15 is 0 Å². The van der Waals surface area contributed by atoms with E-state index < -0.39 is 10.0 Å². The predicted octanol–water partition coefficient (Wildman–Crippen LogP) is 3.50. The van der Waals surface area contributed by atoms with Crippen molar-refractivity contribution in [2.45, 2.75) is 37.5 Å². The summed E-state index contributed by atoms with van der Waals surface area (Å²) in [6.45, 7) is 5.77. The molecule has 2 heterocycles. The molecule has 10 heteroatoms. The molecule has 0 atom stereocenters. The average Bonchev–Trinajstić information content (AvgIpc) is 2.95. The number of carbonyl (C=O) groups is 1. The highest BCUT2D eigenvalue weighted by molar-refractivity contribution is 7.89. The van der Waals surface area contributed by atoms with Crippen LogP contribution < -0.4 is 14.9 Å². The van der Waals surface area contributed by atoms with Crippen molar-refractivity contribution in [2.75, 3.05) is 49.5 Å². The minimum Gasteiger partial charge on any atom is -0.354 e. The quantitative estimate of drug-likeness (QED) is 0.454. The number of piperazine rings is 1. The molecular weight excluding hydrogens is 500 g/mol. The average molecular weight is 537 g/mol. The minimum absolute atomic E-state index is 0.114. The number of nitrogens with zero attached hydrogens (tertiary/aromatic N) is 4. The summed E-state index contributed by atoms with van der Waals surface area (Å²) in [5, 5.41) is 4.50. The second-order valence-electron chi connectivity index (χ2n) is 10.3. The van der Waals surface area contributed by atoms with Crippen molar-refractivity contribution in [2.24, 2.45) is 11.8 Å². The van der Waals surface area contributed by atoms with Gasteiger partial charge in [-0.05, 0) is 61.8 Å². The second kappa shape index (κ2) is 11.7. The van der Waals surface area contributed by atoms with Crippen LogP contribution in [0.4, 0.5) is 11.8 Å². The van der Waals surface area contributed by atoms with E-state index in [9.17, 15) is 13.2 Å². The summed E-state index contributed by atoms with van der Waals surface area (Å²) in [6, 6.07) is 16.6. The zero-order valence-corrected chi connectivity index (χ0v) is 22.7. The molecule has 2 N–H and O–H groups in total. The molecule has 1 aliphatic heterocycles. The van der Waals surface area contributed by atoms with Crippen LogP contribution in [0, 0.1) is 11.8 Å². The third kappa shape index (κ3) is 6.24. The highest BCUT2D eigenvalue weighted by Gasteiger charge is 2.25. The third-order valence-electron chi connectivity index (χ3n) is 7.74. The van der Waals surface area contributed by atoms with Crippen LogP contribution in [0.1, 0.15) is 32.6 Å². The number of carbonyl (C=O) groups excluding carboxylic acids is 1. The molecular formula is C28H36N6O3S. The summed E-state index contributed by atoms with van der Waals surface area (Å²) in [7, 11) is -3.46. The maximum atomic E-state index is 12.5. The van der Waals surface area contributed by atoms with Gasteiger partial charge in [-0.3, -0.25) is 4.79 Å². The summed E-state index contributed by atoms with van der Waals surface area (Å²) in [4.78, 5) is 25.9. The number of nitrogens with one attached hydrogen (secondary N) is 2. The Hall–Kier alpha value is -3.24. The molecule has 2 aromatic carbocycles. The molecule has 2 fully saturated rings. The van der Waals surface area contributed by atoms with E-state index in [2.05, 4.69) is 21.0 Å². The van der Waals surface area contributed by atoms with Gasteiger partial charge in [0.25, 0.3) is 0 Å². The van der Waals surface area contributed by atoms with Gasteiger partial charge in [0.05, 0.1) is 10.4 Å². The van der Waals surface area contributed by atoms with Crippen LogP contribution in [0.15, 0.2) is 59.5 Å². The molecule has 0 spiro atoms. The highest BCUT2D eigenvalue weighted by Crippen LogP contribution is 2.30. The molecule has 1 saturated carbocycles. The van der Waals surface area contributed by atoms with Crippen LogP contribution in [0.5, 0.6) is 0 Å². The zero-order chi connectivity index (χ0) is 26.5. The number of fused-ring (bicyclic) bond motifs is 1. The molecule has 38 heavy (non-hydrogen) atoms. The molecule has 1 aromatic heterocycles. The molecule has 0 unspecified atom stereocenters. The lowest BCUT2D eigenvalue weighted by Crippen LogP contribution is -2.48. The largest absolute Gasteiger partial charge is 0.354 e. The van der Waals surface area contributed by atoms with Gasteiger partial charge in [0.2, 0.25) is 21.9 Å². The van der Waals surface area contributed by atoms with Gasteiger partial charge in [0, 0.05) is 51.6 Å². The molecule has 1 amide bonds. The van der Waals surface area contributed by atoms with E-state index in [1.165, 1.54) is 0 Å². The van der Waals surface area contributed by atoms with Crippen molar-refractivity contribution in [3.8, 4) is 0 Å². The lowest BCUT2D eigenvalue weighted by molar-refractivity contribution is -0.129. The molecule has 0 bridgehead atoms. The fourth-order valence-corrected chi connectivity index (χ4v) is 6.54. The number of aromatic nitrogens is 2. The summed E-state index contributed by atoms with van der Waals surface area (Å²) < 4.78 is 27.8. The molecule has 202 valence electrons. The first-order valence-corrected chi connectivity index (χ1v) is 14.9. The standard InChI is InChI=1S/C28H36N6O3S/c1-21(35)33-15-17-34(18-16-33)27-25-9-5-6-10-26(25)31-28(32-27)29-19-22-11-13-23(14-12-22)20-30-38(36,37)24-7-3-2-4-8-24/h2-10,22-23,30H,11-20H2,1H3,(H,29,31,32). The van der Waals surface area contributed by atoms with Crippen LogP contribution in [0.2, 0.25) is 0 Å².